The minimum atomic E-state index is -0.254. The van der Waals surface area contributed by atoms with E-state index in [1.807, 2.05) is 35.2 Å². The molecule has 5 heterocycles. The molecule has 0 aliphatic carbocycles. The van der Waals surface area contributed by atoms with E-state index in [2.05, 4.69) is 20.1 Å². The van der Waals surface area contributed by atoms with Crippen molar-refractivity contribution < 1.29 is 0 Å². The van der Waals surface area contributed by atoms with E-state index in [4.69, 9.17) is 22.4 Å². The van der Waals surface area contributed by atoms with Gasteiger partial charge in [-0.3, -0.25) is 9.36 Å². The number of rotatable bonds is 3. The van der Waals surface area contributed by atoms with Gasteiger partial charge in [0.05, 0.1) is 16.8 Å². The minimum absolute atomic E-state index is 0.104. The highest BCUT2D eigenvalue weighted by atomic mass is 35.5. The highest BCUT2D eigenvalue weighted by molar-refractivity contribution is 6.33. The number of anilines is 2. The second-order valence-electron chi connectivity index (χ2n) is 7.50. The molecule has 1 fully saturated rings. The fourth-order valence-electron chi connectivity index (χ4n) is 4.28. The molecular formula is C20H17ClN10O. The monoisotopic (exact) mass is 448 g/mol. The smallest absolute Gasteiger partial charge is 0.284 e. The lowest BCUT2D eigenvalue weighted by atomic mass is 10.2. The second-order valence-corrected chi connectivity index (χ2v) is 7.90. The van der Waals surface area contributed by atoms with Crippen LogP contribution in [0.5, 0.6) is 0 Å². The number of para-hydroxylation sites is 1. The fourth-order valence-corrected chi connectivity index (χ4v) is 4.50. The van der Waals surface area contributed by atoms with Crippen LogP contribution in [-0.4, -0.2) is 45.3 Å². The normalized spacial score (nSPS) is 16.4. The van der Waals surface area contributed by atoms with Gasteiger partial charge in [-0.15, -0.1) is 0 Å². The maximum atomic E-state index is 13.6. The van der Waals surface area contributed by atoms with Gasteiger partial charge < -0.3 is 10.6 Å². The second kappa shape index (κ2) is 7.02. The molecule has 1 unspecified atom stereocenters. The van der Waals surface area contributed by atoms with Crippen LogP contribution in [0.3, 0.4) is 0 Å². The van der Waals surface area contributed by atoms with Crippen LogP contribution in [0.2, 0.25) is 5.02 Å². The molecule has 1 aromatic carbocycles. The van der Waals surface area contributed by atoms with Gasteiger partial charge in [-0.05, 0) is 31.0 Å². The standard InChI is InChI=1S/C20H17ClN10O/c21-13-8-10-29-15(13)17(32)30(12-5-2-1-3-6-12)16(27-29)14-7-4-9-28(14)20-26-18(22)25-19-23-11-24-31(19)20/h1-3,5-6,8,10-11,14H,4,7,9H2,(H2,22,23,24,25). The van der Waals surface area contributed by atoms with E-state index >= 15 is 0 Å². The van der Waals surface area contributed by atoms with Gasteiger partial charge in [0, 0.05) is 12.7 Å². The highest BCUT2D eigenvalue weighted by Crippen LogP contribution is 2.35. The Labute approximate surface area is 185 Å². The summed E-state index contributed by atoms with van der Waals surface area (Å²) >= 11 is 6.31. The number of benzene rings is 1. The van der Waals surface area contributed by atoms with Gasteiger partial charge in [-0.25, -0.2) is 4.52 Å². The van der Waals surface area contributed by atoms with Crippen LogP contribution in [0.15, 0.2) is 53.7 Å². The molecule has 0 bridgehead atoms. The van der Waals surface area contributed by atoms with Gasteiger partial charge in [0.25, 0.3) is 11.3 Å². The van der Waals surface area contributed by atoms with Gasteiger partial charge in [0.1, 0.15) is 11.8 Å². The Hall–Kier alpha value is -3.99. The number of nitrogen functional groups attached to an aromatic ring is 1. The maximum Gasteiger partial charge on any atom is 0.284 e. The van der Waals surface area contributed by atoms with Crippen LogP contribution < -0.4 is 16.2 Å². The molecule has 1 atom stereocenters. The van der Waals surface area contributed by atoms with Crippen molar-refractivity contribution in [3.05, 3.63) is 70.1 Å². The molecule has 160 valence electrons. The predicted molar refractivity (Wildman–Crippen MR) is 118 cm³/mol. The molecule has 11 nitrogen and oxygen atoms in total. The number of nitrogens with zero attached hydrogens (tertiary/aromatic N) is 9. The van der Waals surface area contributed by atoms with Gasteiger partial charge in [-0.1, -0.05) is 29.8 Å². The first-order chi connectivity index (χ1) is 15.6. The number of hydrogen-bond acceptors (Lipinski definition) is 8. The summed E-state index contributed by atoms with van der Waals surface area (Å²) in [6.45, 7) is 0.686. The van der Waals surface area contributed by atoms with E-state index in [9.17, 15) is 4.79 Å². The average molecular weight is 449 g/mol. The van der Waals surface area contributed by atoms with Crippen molar-refractivity contribution in [2.45, 2.75) is 18.9 Å². The lowest BCUT2D eigenvalue weighted by Gasteiger charge is -2.27. The summed E-state index contributed by atoms with van der Waals surface area (Å²) in [5.41, 5.74) is 6.73. The molecule has 2 N–H and O–H groups in total. The molecule has 6 rings (SSSR count). The van der Waals surface area contributed by atoms with Gasteiger partial charge in [-0.2, -0.15) is 29.7 Å². The summed E-state index contributed by atoms with van der Waals surface area (Å²) in [6, 6.07) is 10.8. The first-order valence-electron chi connectivity index (χ1n) is 10.1. The molecule has 5 aromatic rings. The van der Waals surface area contributed by atoms with E-state index in [1.54, 1.807) is 21.3 Å². The van der Waals surface area contributed by atoms with Crippen molar-refractivity contribution in [3.8, 4) is 5.69 Å². The Balaban J connectivity index is 1.60. The Morgan fingerprint density at radius 3 is 2.81 bits per heavy atom. The molecule has 1 saturated heterocycles. The molecule has 0 spiro atoms. The summed E-state index contributed by atoms with van der Waals surface area (Å²) < 4.78 is 4.70. The Kier molecular flexibility index (Phi) is 4.12. The summed E-state index contributed by atoms with van der Waals surface area (Å²) in [5, 5.41) is 9.43. The van der Waals surface area contributed by atoms with Crippen LogP contribution in [0, 0.1) is 0 Å². The SMILES string of the molecule is Nc1nc(N2CCCC2c2nn3ccc(Cl)c3c(=O)n2-c2ccccc2)n2ncnc2n1. The van der Waals surface area contributed by atoms with E-state index in [0.29, 0.717) is 40.3 Å². The fraction of sp³-hybridized carbons (Fsp3) is 0.200. The van der Waals surface area contributed by atoms with Crippen molar-refractivity contribution in [1.29, 1.82) is 0 Å². The van der Waals surface area contributed by atoms with Gasteiger partial charge in [0.15, 0.2) is 5.82 Å². The zero-order valence-corrected chi connectivity index (χ0v) is 17.5. The zero-order chi connectivity index (χ0) is 21.8. The van der Waals surface area contributed by atoms with Crippen molar-refractivity contribution in [2.75, 3.05) is 17.2 Å². The number of fused-ring (bicyclic) bond motifs is 2. The Morgan fingerprint density at radius 1 is 1.12 bits per heavy atom. The van der Waals surface area contributed by atoms with E-state index < -0.39 is 0 Å². The zero-order valence-electron chi connectivity index (χ0n) is 16.7. The molecule has 1 aliphatic heterocycles. The third-order valence-electron chi connectivity index (χ3n) is 5.63. The summed E-state index contributed by atoms with van der Waals surface area (Å²) in [5.74, 6) is 1.54. The first-order valence-corrected chi connectivity index (χ1v) is 10.4. The third kappa shape index (κ3) is 2.74. The van der Waals surface area contributed by atoms with Gasteiger partial charge >= 0.3 is 0 Å². The van der Waals surface area contributed by atoms with Crippen LogP contribution >= 0.6 is 11.6 Å². The topological polar surface area (TPSA) is 125 Å². The third-order valence-corrected chi connectivity index (χ3v) is 5.94. The van der Waals surface area contributed by atoms with Crippen LogP contribution in [0.25, 0.3) is 17.0 Å². The highest BCUT2D eigenvalue weighted by Gasteiger charge is 2.34. The van der Waals surface area contributed by atoms with E-state index in [1.165, 1.54) is 10.8 Å². The minimum Gasteiger partial charge on any atom is -0.368 e. The molecule has 0 radical (unpaired) electrons. The largest absolute Gasteiger partial charge is 0.368 e. The van der Waals surface area contributed by atoms with Crippen LogP contribution in [0.4, 0.5) is 11.9 Å². The molecule has 0 saturated carbocycles. The number of nitrogens with two attached hydrogens (primary N) is 1. The summed E-state index contributed by atoms with van der Waals surface area (Å²) in [6.07, 6.45) is 4.74. The molecule has 0 amide bonds. The Bertz CT molecular complexity index is 1520. The number of aromatic nitrogens is 8. The molecule has 12 heteroatoms. The molecule has 32 heavy (non-hydrogen) atoms. The lowest BCUT2D eigenvalue weighted by molar-refractivity contribution is 0.591. The van der Waals surface area contributed by atoms with Crippen molar-refractivity contribution in [3.63, 3.8) is 0 Å². The molecule has 1 aliphatic rings. The maximum absolute atomic E-state index is 13.6. The quantitative estimate of drug-likeness (QED) is 0.443. The first kappa shape index (κ1) is 18.8. The van der Waals surface area contributed by atoms with Crippen LogP contribution in [-0.2, 0) is 0 Å². The van der Waals surface area contributed by atoms with Crippen LogP contribution in [0.1, 0.15) is 24.7 Å². The van der Waals surface area contributed by atoms with Crippen molar-refractivity contribution in [2.24, 2.45) is 0 Å². The summed E-state index contributed by atoms with van der Waals surface area (Å²) in [7, 11) is 0. The number of halogens is 1. The van der Waals surface area contributed by atoms with Gasteiger partial charge in [0.2, 0.25) is 11.9 Å². The lowest BCUT2D eigenvalue weighted by Crippen LogP contribution is -2.34. The van der Waals surface area contributed by atoms with E-state index in [-0.39, 0.29) is 17.5 Å². The average Bonchev–Trinajstić information content (AvgIpc) is 3.53. The van der Waals surface area contributed by atoms with E-state index in [0.717, 1.165) is 12.8 Å². The van der Waals surface area contributed by atoms with Crippen molar-refractivity contribution in [1.82, 2.24) is 38.7 Å². The Morgan fingerprint density at radius 2 is 1.97 bits per heavy atom. The number of hydrogen-bond donors (Lipinski definition) is 1. The predicted octanol–water partition coefficient (Wildman–Crippen LogP) is 1.89. The van der Waals surface area contributed by atoms with Crippen molar-refractivity contribution >= 4 is 34.8 Å². The molecular weight excluding hydrogens is 432 g/mol. The summed E-state index contributed by atoms with van der Waals surface area (Å²) in [4.78, 5) is 28.3. The molecule has 4 aromatic heterocycles.